The average molecular weight is 614 g/mol. The second-order valence-corrected chi connectivity index (χ2v) is 10.4. The smallest absolute Gasteiger partial charge is 0.416 e. The Labute approximate surface area is 246 Å². The molecule has 5 aromatic rings. The second-order valence-electron chi connectivity index (χ2n) is 9.34. The van der Waals surface area contributed by atoms with Crippen LogP contribution in [0.5, 0.6) is 11.5 Å². The number of hydrogen-bond donors (Lipinski definition) is 3. The Kier molecular flexibility index (Phi) is 8.83. The molecule has 3 N–H and O–H groups in total. The summed E-state index contributed by atoms with van der Waals surface area (Å²) in [7, 11) is 0. The molecule has 43 heavy (non-hydrogen) atoms. The summed E-state index contributed by atoms with van der Waals surface area (Å²) >= 11 is 1.40. The Morgan fingerprint density at radius 2 is 1.79 bits per heavy atom. The minimum Gasteiger partial charge on any atom is -0.453 e. The largest absolute Gasteiger partial charge is 0.453 e. The zero-order valence-corrected chi connectivity index (χ0v) is 23.4. The zero-order chi connectivity index (χ0) is 30.6. The monoisotopic (exact) mass is 613 g/mol. The Morgan fingerprint density at radius 1 is 0.953 bits per heavy atom. The van der Waals surface area contributed by atoms with Gasteiger partial charge in [-0.1, -0.05) is 13.0 Å². The fourth-order valence-corrected chi connectivity index (χ4v) is 5.13. The maximum absolute atomic E-state index is 15.0. The van der Waals surface area contributed by atoms with Crippen molar-refractivity contribution in [3.05, 3.63) is 95.8 Å². The molecule has 0 bridgehead atoms. The normalized spacial score (nSPS) is 11.5. The topological polar surface area (TPSA) is 88.2 Å². The van der Waals surface area contributed by atoms with Gasteiger partial charge in [-0.3, -0.25) is 9.97 Å². The van der Waals surface area contributed by atoms with E-state index in [-0.39, 0.29) is 11.4 Å². The predicted octanol–water partition coefficient (Wildman–Crippen LogP) is 8.59. The number of halogens is 5. The SMILES string of the molecule is CCCNCc1cccc(-c2cc3nccc(Oc4ccc(NC(=O)Nc5cc(C(F)(F)F)ccc5F)cc4F)c3s2)n1. The van der Waals surface area contributed by atoms with Crippen molar-refractivity contribution in [2.75, 3.05) is 17.2 Å². The summed E-state index contributed by atoms with van der Waals surface area (Å²) < 4.78 is 74.3. The number of anilines is 2. The average Bonchev–Trinajstić information content (AvgIpc) is 3.41. The fourth-order valence-electron chi connectivity index (χ4n) is 4.09. The summed E-state index contributed by atoms with van der Waals surface area (Å²) in [6.07, 6.45) is -2.17. The van der Waals surface area contributed by atoms with Crippen LogP contribution in [0.25, 0.3) is 20.8 Å². The summed E-state index contributed by atoms with van der Waals surface area (Å²) in [5.41, 5.74) is 0.467. The molecule has 0 radical (unpaired) electrons. The molecule has 13 heteroatoms. The third-order valence-corrected chi connectivity index (χ3v) is 7.28. The number of fused-ring (bicyclic) bond motifs is 1. The number of nitrogens with one attached hydrogen (secondary N) is 3. The van der Waals surface area contributed by atoms with E-state index >= 15 is 0 Å². The molecule has 0 saturated heterocycles. The van der Waals surface area contributed by atoms with E-state index in [9.17, 15) is 26.7 Å². The van der Waals surface area contributed by atoms with Gasteiger partial charge in [0, 0.05) is 30.6 Å². The van der Waals surface area contributed by atoms with Crippen molar-refractivity contribution in [1.82, 2.24) is 15.3 Å². The number of urea groups is 1. The molecule has 7 nitrogen and oxygen atoms in total. The Balaban J connectivity index is 1.30. The second kappa shape index (κ2) is 12.7. The van der Waals surface area contributed by atoms with Gasteiger partial charge < -0.3 is 20.7 Å². The summed E-state index contributed by atoms with van der Waals surface area (Å²) in [4.78, 5) is 22.3. The van der Waals surface area contributed by atoms with E-state index in [0.29, 0.717) is 40.7 Å². The summed E-state index contributed by atoms with van der Waals surface area (Å²) in [6.45, 7) is 3.63. The van der Waals surface area contributed by atoms with Crippen LogP contribution < -0.4 is 20.7 Å². The number of benzene rings is 2. The lowest BCUT2D eigenvalue weighted by Gasteiger charge is -2.12. The number of thiophene rings is 1. The van der Waals surface area contributed by atoms with Gasteiger partial charge in [0.15, 0.2) is 11.6 Å². The van der Waals surface area contributed by atoms with Crippen LogP contribution in [0, 0.1) is 11.6 Å². The van der Waals surface area contributed by atoms with Gasteiger partial charge in [-0.15, -0.1) is 11.3 Å². The van der Waals surface area contributed by atoms with E-state index in [0.717, 1.165) is 35.3 Å². The number of carbonyl (C=O) groups is 1. The first-order valence-electron chi connectivity index (χ1n) is 13.1. The number of hydrogen-bond acceptors (Lipinski definition) is 6. The van der Waals surface area contributed by atoms with Crippen molar-refractivity contribution >= 4 is 39.0 Å². The Hall–Kier alpha value is -4.62. The molecule has 0 aliphatic rings. The Morgan fingerprint density at radius 3 is 2.56 bits per heavy atom. The third kappa shape index (κ3) is 7.24. The quantitative estimate of drug-likeness (QED) is 0.115. The molecule has 5 rings (SSSR count). The van der Waals surface area contributed by atoms with Crippen molar-refractivity contribution in [1.29, 1.82) is 0 Å². The summed E-state index contributed by atoms with van der Waals surface area (Å²) in [5, 5.41) is 7.60. The van der Waals surface area contributed by atoms with Gasteiger partial charge in [0.05, 0.1) is 37.7 Å². The molecule has 2 aromatic carbocycles. The van der Waals surface area contributed by atoms with E-state index in [1.807, 2.05) is 29.6 Å². The van der Waals surface area contributed by atoms with Crippen LogP contribution in [-0.4, -0.2) is 22.5 Å². The van der Waals surface area contributed by atoms with Gasteiger partial charge in [-0.05, 0) is 61.5 Å². The van der Waals surface area contributed by atoms with E-state index in [1.165, 1.54) is 29.7 Å². The number of aromatic nitrogens is 2. The fraction of sp³-hybridized carbons (Fsp3) is 0.167. The molecule has 0 aliphatic heterocycles. The first kappa shape index (κ1) is 29.9. The molecule has 222 valence electrons. The van der Waals surface area contributed by atoms with Crippen LogP contribution in [0.1, 0.15) is 24.6 Å². The minimum atomic E-state index is -4.72. The summed E-state index contributed by atoms with van der Waals surface area (Å²) in [5.74, 6) is -1.66. The lowest BCUT2D eigenvalue weighted by atomic mass is 10.2. The van der Waals surface area contributed by atoms with Gasteiger partial charge in [-0.2, -0.15) is 13.2 Å². The van der Waals surface area contributed by atoms with Crippen molar-refractivity contribution < 1.29 is 31.5 Å². The van der Waals surface area contributed by atoms with Crippen molar-refractivity contribution in [2.24, 2.45) is 0 Å². The molecule has 3 heterocycles. The number of pyridine rings is 2. The van der Waals surface area contributed by atoms with E-state index in [1.54, 1.807) is 6.07 Å². The van der Waals surface area contributed by atoms with Crippen LogP contribution in [-0.2, 0) is 12.7 Å². The number of amides is 2. The molecular weight excluding hydrogens is 589 g/mol. The molecule has 0 spiro atoms. The van der Waals surface area contributed by atoms with Crippen LogP contribution in [0.3, 0.4) is 0 Å². The van der Waals surface area contributed by atoms with Crippen LogP contribution in [0.15, 0.2) is 72.9 Å². The molecule has 0 fully saturated rings. The molecule has 3 aromatic heterocycles. The number of nitrogens with zero attached hydrogens (tertiary/aromatic N) is 2. The lowest BCUT2D eigenvalue weighted by Crippen LogP contribution is -2.20. The molecule has 2 amide bonds. The zero-order valence-electron chi connectivity index (χ0n) is 22.6. The first-order chi connectivity index (χ1) is 20.6. The van der Waals surface area contributed by atoms with Gasteiger partial charge in [0.1, 0.15) is 11.6 Å². The molecule has 0 saturated carbocycles. The maximum Gasteiger partial charge on any atom is 0.416 e. The van der Waals surface area contributed by atoms with E-state index < -0.39 is 35.1 Å². The predicted molar refractivity (Wildman–Crippen MR) is 155 cm³/mol. The number of carbonyl (C=O) groups excluding carboxylic acids is 1. The van der Waals surface area contributed by atoms with Gasteiger partial charge in [0.2, 0.25) is 0 Å². The highest BCUT2D eigenvalue weighted by molar-refractivity contribution is 7.22. The molecular formula is C30H24F5N5O2S. The van der Waals surface area contributed by atoms with Gasteiger partial charge >= 0.3 is 12.2 Å². The van der Waals surface area contributed by atoms with Crippen molar-refractivity contribution in [2.45, 2.75) is 26.1 Å². The van der Waals surface area contributed by atoms with Gasteiger partial charge in [-0.25, -0.2) is 13.6 Å². The Bertz CT molecular complexity index is 1780. The van der Waals surface area contributed by atoms with E-state index in [2.05, 4.69) is 22.5 Å². The van der Waals surface area contributed by atoms with Crippen LogP contribution in [0.2, 0.25) is 0 Å². The number of alkyl halides is 3. The minimum absolute atomic E-state index is 0.0348. The number of rotatable bonds is 9. The highest BCUT2D eigenvalue weighted by atomic mass is 32.1. The molecule has 0 aliphatic carbocycles. The molecule has 0 atom stereocenters. The van der Waals surface area contributed by atoms with Crippen LogP contribution >= 0.6 is 11.3 Å². The van der Waals surface area contributed by atoms with Gasteiger partial charge in [0.25, 0.3) is 0 Å². The first-order valence-corrected chi connectivity index (χ1v) is 13.9. The third-order valence-electron chi connectivity index (χ3n) is 6.12. The lowest BCUT2D eigenvalue weighted by molar-refractivity contribution is -0.137. The summed E-state index contributed by atoms with van der Waals surface area (Å²) in [6, 6.07) is 13.4. The highest BCUT2D eigenvalue weighted by Gasteiger charge is 2.31. The highest BCUT2D eigenvalue weighted by Crippen LogP contribution is 2.39. The molecule has 0 unspecified atom stereocenters. The van der Waals surface area contributed by atoms with Crippen molar-refractivity contribution in [3.63, 3.8) is 0 Å². The standard InChI is InChI=1S/C30H24F5N5O2S/c1-2-11-36-16-19-4-3-5-22(38-19)27-15-24-28(43-27)26(10-12-37-24)42-25-9-7-18(14-21(25)32)39-29(41)40-23-13-17(30(33,34)35)6-8-20(23)31/h3-10,12-15,36H,2,11,16H2,1H3,(H2,39,40,41). The maximum atomic E-state index is 15.0. The van der Waals surface area contributed by atoms with E-state index in [4.69, 9.17) is 9.72 Å². The number of ether oxygens (including phenoxy) is 1. The van der Waals surface area contributed by atoms with Crippen molar-refractivity contribution in [3.8, 4) is 22.1 Å². The van der Waals surface area contributed by atoms with Crippen LogP contribution in [0.4, 0.5) is 38.1 Å².